The Bertz CT molecular complexity index is 998. The number of aromatic nitrogens is 2. The third-order valence-electron chi connectivity index (χ3n) is 3.68. The quantitative estimate of drug-likeness (QED) is 0.636. The number of carbonyl (C=O) groups is 1. The lowest BCUT2D eigenvalue weighted by Gasteiger charge is -2.09. The summed E-state index contributed by atoms with van der Waals surface area (Å²) in [7, 11) is 0. The van der Waals surface area contributed by atoms with Gasteiger partial charge in [0.05, 0.1) is 33.3 Å². The van der Waals surface area contributed by atoms with Crippen molar-refractivity contribution in [1.82, 2.24) is 9.55 Å². The van der Waals surface area contributed by atoms with Crippen LogP contribution in [0.5, 0.6) is 5.75 Å². The molecule has 9 heteroatoms. The zero-order chi connectivity index (χ0) is 18.7. The van der Waals surface area contributed by atoms with Crippen molar-refractivity contribution in [1.29, 1.82) is 0 Å². The van der Waals surface area contributed by atoms with E-state index >= 15 is 0 Å². The Hall–Kier alpha value is -2.09. The number of thiazole rings is 1. The predicted molar refractivity (Wildman–Crippen MR) is 102 cm³/mol. The van der Waals surface area contributed by atoms with E-state index in [9.17, 15) is 9.59 Å². The van der Waals surface area contributed by atoms with Crippen LogP contribution in [0.25, 0.3) is 10.2 Å². The van der Waals surface area contributed by atoms with Crippen LogP contribution in [0.1, 0.15) is 12.1 Å². The number of carboxylic acids is 1. The van der Waals surface area contributed by atoms with E-state index in [2.05, 4.69) is 4.98 Å². The monoisotopic (exact) mass is 412 g/mol. The first-order chi connectivity index (χ1) is 12.4. The topological polar surface area (TPSA) is 81.4 Å². The fraction of sp³-hybridized carbons (Fsp3) is 0.235. The highest BCUT2D eigenvalue weighted by Gasteiger charge is 2.13. The maximum absolute atomic E-state index is 12.1. The van der Waals surface area contributed by atoms with Crippen molar-refractivity contribution >= 4 is 50.7 Å². The number of fused-ring (bicyclic) bond motifs is 1. The molecular weight excluding hydrogens is 399 g/mol. The van der Waals surface area contributed by atoms with Crippen molar-refractivity contribution in [2.24, 2.45) is 0 Å². The van der Waals surface area contributed by atoms with Crippen LogP contribution in [-0.4, -0.2) is 27.2 Å². The molecule has 0 atom stereocenters. The minimum Gasteiger partial charge on any atom is -0.492 e. The number of pyridine rings is 1. The van der Waals surface area contributed by atoms with Gasteiger partial charge in [-0.2, -0.15) is 0 Å². The van der Waals surface area contributed by atoms with E-state index in [0.717, 1.165) is 17.0 Å². The summed E-state index contributed by atoms with van der Waals surface area (Å²) in [6.07, 6.45) is 2.03. The van der Waals surface area contributed by atoms with Crippen molar-refractivity contribution < 1.29 is 14.6 Å². The number of hydrogen-bond acceptors (Lipinski definition) is 5. The highest BCUT2D eigenvalue weighted by atomic mass is 35.5. The molecule has 1 N–H and O–H groups in total. The number of carboxylic acid groups (broad SMARTS) is 1. The Morgan fingerprint density at radius 2 is 2.12 bits per heavy atom. The van der Waals surface area contributed by atoms with Gasteiger partial charge in [0.25, 0.3) is 0 Å². The van der Waals surface area contributed by atoms with Gasteiger partial charge in [-0.15, -0.1) is 0 Å². The number of benzene rings is 1. The van der Waals surface area contributed by atoms with Gasteiger partial charge >= 0.3 is 10.8 Å². The fourth-order valence-electron chi connectivity index (χ4n) is 2.41. The van der Waals surface area contributed by atoms with Gasteiger partial charge in [0.15, 0.2) is 0 Å². The fourth-order valence-corrected chi connectivity index (χ4v) is 3.67. The van der Waals surface area contributed by atoms with Crippen molar-refractivity contribution in [2.45, 2.75) is 19.4 Å². The number of nitrogens with zero attached hydrogens (tertiary/aromatic N) is 2. The number of aliphatic carboxylic acids is 1. The Labute approximate surface area is 162 Å². The predicted octanol–water partition coefficient (Wildman–Crippen LogP) is 3.86. The molecule has 0 saturated carbocycles. The SMILES string of the molecule is O=C(O)CCn1c(=O)sc2cc(OCCc3ccc(Cl)cn3)c(Cl)cc21. The Kier molecular flexibility index (Phi) is 5.80. The van der Waals surface area contributed by atoms with E-state index in [0.29, 0.717) is 39.0 Å². The van der Waals surface area contributed by atoms with Gasteiger partial charge in [-0.1, -0.05) is 34.5 Å². The number of halogens is 2. The molecule has 0 amide bonds. The maximum atomic E-state index is 12.1. The number of rotatable bonds is 7. The summed E-state index contributed by atoms with van der Waals surface area (Å²) in [5.41, 5.74) is 1.45. The molecule has 1 aromatic carbocycles. The number of hydrogen-bond donors (Lipinski definition) is 1. The molecule has 0 fully saturated rings. The van der Waals surface area contributed by atoms with Crippen LogP contribution in [-0.2, 0) is 17.8 Å². The standard InChI is InChI=1S/C17H14Cl2N2O4S/c18-10-1-2-11(20-9-10)4-6-25-14-8-15-13(7-12(14)19)21(17(24)26-15)5-3-16(22)23/h1-2,7-9H,3-6H2,(H,22,23). The Morgan fingerprint density at radius 3 is 2.81 bits per heavy atom. The first-order valence-corrected chi connectivity index (χ1v) is 9.29. The lowest BCUT2D eigenvalue weighted by Crippen LogP contribution is -2.15. The lowest BCUT2D eigenvalue weighted by atomic mass is 10.3. The third kappa shape index (κ3) is 4.35. The van der Waals surface area contributed by atoms with E-state index in [4.69, 9.17) is 33.0 Å². The molecular formula is C17H14Cl2N2O4S. The summed E-state index contributed by atoms with van der Waals surface area (Å²) >= 11 is 13.1. The highest BCUT2D eigenvalue weighted by Crippen LogP contribution is 2.31. The van der Waals surface area contributed by atoms with Crippen molar-refractivity contribution in [3.63, 3.8) is 0 Å². The van der Waals surface area contributed by atoms with Crippen LogP contribution in [0.15, 0.2) is 35.3 Å². The molecule has 0 radical (unpaired) electrons. The van der Waals surface area contributed by atoms with Gasteiger partial charge in [0.2, 0.25) is 0 Å². The molecule has 0 unspecified atom stereocenters. The Morgan fingerprint density at radius 1 is 1.31 bits per heavy atom. The van der Waals surface area contributed by atoms with Gasteiger partial charge in [-0.05, 0) is 18.2 Å². The largest absolute Gasteiger partial charge is 0.492 e. The van der Waals surface area contributed by atoms with Gasteiger partial charge in [0.1, 0.15) is 5.75 Å². The molecule has 0 saturated heterocycles. The normalized spacial score (nSPS) is 11.0. The second-order valence-corrected chi connectivity index (χ2v) is 7.32. The molecule has 136 valence electrons. The third-order valence-corrected chi connectivity index (χ3v) is 5.14. The zero-order valence-corrected chi connectivity index (χ0v) is 15.8. The van der Waals surface area contributed by atoms with E-state index < -0.39 is 5.97 Å². The van der Waals surface area contributed by atoms with Gasteiger partial charge in [-0.3, -0.25) is 19.1 Å². The average Bonchev–Trinajstić information content (AvgIpc) is 2.89. The first-order valence-electron chi connectivity index (χ1n) is 7.72. The van der Waals surface area contributed by atoms with Crippen LogP contribution in [0.2, 0.25) is 10.0 Å². The molecule has 0 spiro atoms. The van der Waals surface area contributed by atoms with Crippen molar-refractivity contribution in [3.8, 4) is 5.75 Å². The van der Waals surface area contributed by atoms with Crippen LogP contribution in [0, 0.1) is 0 Å². The molecule has 26 heavy (non-hydrogen) atoms. The molecule has 3 aromatic rings. The number of ether oxygens (including phenoxy) is 1. The summed E-state index contributed by atoms with van der Waals surface area (Å²) < 4.78 is 7.84. The van der Waals surface area contributed by atoms with Crippen LogP contribution < -0.4 is 9.61 Å². The second-order valence-electron chi connectivity index (χ2n) is 5.48. The summed E-state index contributed by atoms with van der Waals surface area (Å²) in [5.74, 6) is -0.488. The minimum absolute atomic E-state index is 0.104. The van der Waals surface area contributed by atoms with Crippen molar-refractivity contribution in [2.75, 3.05) is 6.61 Å². The molecule has 2 aromatic heterocycles. The summed E-state index contributed by atoms with van der Waals surface area (Å²) in [6.45, 7) is 0.474. The molecule has 3 rings (SSSR count). The van der Waals surface area contributed by atoms with Gasteiger partial charge in [0, 0.05) is 30.9 Å². The van der Waals surface area contributed by atoms with E-state index in [1.54, 1.807) is 24.4 Å². The molecule has 2 heterocycles. The van der Waals surface area contributed by atoms with Gasteiger partial charge in [-0.25, -0.2) is 0 Å². The Balaban J connectivity index is 1.75. The molecule has 0 bridgehead atoms. The van der Waals surface area contributed by atoms with E-state index in [1.165, 1.54) is 4.57 Å². The highest BCUT2D eigenvalue weighted by molar-refractivity contribution is 7.16. The van der Waals surface area contributed by atoms with E-state index in [-0.39, 0.29) is 17.8 Å². The summed E-state index contributed by atoms with van der Waals surface area (Å²) in [5, 5.41) is 9.75. The first kappa shape index (κ1) is 18.7. The minimum atomic E-state index is -0.960. The van der Waals surface area contributed by atoms with E-state index in [1.807, 2.05) is 6.07 Å². The number of aryl methyl sites for hydroxylation is 1. The van der Waals surface area contributed by atoms with Crippen LogP contribution in [0.4, 0.5) is 0 Å². The average molecular weight is 413 g/mol. The van der Waals surface area contributed by atoms with Crippen molar-refractivity contribution in [3.05, 3.63) is 55.9 Å². The van der Waals surface area contributed by atoms with Crippen LogP contribution >= 0.6 is 34.5 Å². The molecule has 0 aliphatic rings. The van der Waals surface area contributed by atoms with Crippen LogP contribution in [0.3, 0.4) is 0 Å². The summed E-state index contributed by atoms with van der Waals surface area (Å²) in [6, 6.07) is 6.92. The maximum Gasteiger partial charge on any atom is 0.308 e. The lowest BCUT2D eigenvalue weighted by molar-refractivity contribution is -0.137. The zero-order valence-electron chi connectivity index (χ0n) is 13.4. The molecule has 0 aliphatic carbocycles. The molecule has 0 aliphatic heterocycles. The van der Waals surface area contributed by atoms with Gasteiger partial charge < -0.3 is 9.84 Å². The summed E-state index contributed by atoms with van der Waals surface area (Å²) in [4.78, 5) is 26.8. The second kappa shape index (κ2) is 8.07. The smallest absolute Gasteiger partial charge is 0.308 e. The molecule has 6 nitrogen and oxygen atoms in total.